The number of rotatable bonds is 2. The van der Waals surface area contributed by atoms with Crippen LogP contribution < -0.4 is 11.5 Å². The molecule has 0 atom stereocenters. The molecule has 1 aliphatic carbocycles. The highest BCUT2D eigenvalue weighted by molar-refractivity contribution is 5.61. The molecule has 0 aliphatic heterocycles. The smallest absolute Gasteiger partial charge is 0.328 e. The summed E-state index contributed by atoms with van der Waals surface area (Å²) in [6.07, 6.45) is 1.09. The Hall–Kier alpha value is -2.59. The summed E-state index contributed by atoms with van der Waals surface area (Å²) in [4.78, 5) is 12.4. The Bertz CT molecular complexity index is 1020. The molecule has 0 bridgehead atoms. The Balaban J connectivity index is 1.81. The van der Waals surface area contributed by atoms with Gasteiger partial charge in [-0.15, -0.1) is 0 Å². The Morgan fingerprint density at radius 2 is 1.82 bits per heavy atom. The Labute approximate surface area is 157 Å². The first-order valence-corrected chi connectivity index (χ1v) is 8.79. The van der Waals surface area contributed by atoms with E-state index in [9.17, 15) is 17.6 Å². The molecule has 0 aromatic carbocycles. The van der Waals surface area contributed by atoms with Gasteiger partial charge in [-0.1, -0.05) is 0 Å². The molecule has 1 saturated carbocycles. The van der Waals surface area contributed by atoms with Crippen LogP contribution in [0.5, 0.6) is 0 Å². The second kappa shape index (κ2) is 6.49. The number of hydrogen-bond acceptors (Lipinski definition) is 5. The van der Waals surface area contributed by atoms with Crippen LogP contribution in [0, 0.1) is 5.82 Å². The van der Waals surface area contributed by atoms with Gasteiger partial charge in [0.2, 0.25) is 0 Å². The first-order chi connectivity index (χ1) is 13.2. The highest BCUT2D eigenvalue weighted by Crippen LogP contribution is 2.34. The molecule has 6 nitrogen and oxygen atoms in total. The number of nitrogens with two attached hydrogens (primary N) is 2. The van der Waals surface area contributed by atoms with Crippen molar-refractivity contribution >= 4 is 5.65 Å². The molecule has 28 heavy (non-hydrogen) atoms. The van der Waals surface area contributed by atoms with Gasteiger partial charge in [-0.25, -0.2) is 19.3 Å². The molecule has 3 aromatic heterocycles. The summed E-state index contributed by atoms with van der Waals surface area (Å²) in [6.45, 7) is 0. The predicted octanol–water partition coefficient (Wildman–Crippen LogP) is 3.00. The van der Waals surface area contributed by atoms with Crippen LogP contribution in [0.15, 0.2) is 30.7 Å². The highest BCUT2D eigenvalue weighted by atomic mass is 19.4. The molecule has 0 unspecified atom stereocenters. The molecule has 4 rings (SSSR count). The molecule has 4 N–H and O–H groups in total. The normalized spacial score (nSPS) is 23.3. The number of pyridine rings is 1. The van der Waals surface area contributed by atoms with Crippen molar-refractivity contribution in [1.82, 2.24) is 19.4 Å². The summed E-state index contributed by atoms with van der Waals surface area (Å²) in [7, 11) is 0. The van der Waals surface area contributed by atoms with Crippen LogP contribution in [0.3, 0.4) is 0 Å². The third-order valence-corrected chi connectivity index (χ3v) is 5.19. The van der Waals surface area contributed by atoms with Crippen LogP contribution in [-0.4, -0.2) is 25.4 Å². The standard InChI is InChI=1S/C18H18F4N6/c19-12-7-26-16(17(24)5-3-11(23)4-6-17)27-15(12)13-8-25-14-2-1-10(9-28(13)14)18(20,21)22/h1-2,7-9,11H,3-6,23-24H2. The monoisotopic (exact) mass is 394 g/mol. The van der Waals surface area contributed by atoms with E-state index in [0.29, 0.717) is 25.7 Å². The average Bonchev–Trinajstić information content (AvgIpc) is 3.07. The molecule has 3 heterocycles. The van der Waals surface area contributed by atoms with E-state index in [1.807, 2.05) is 0 Å². The summed E-state index contributed by atoms with van der Waals surface area (Å²) >= 11 is 0. The van der Waals surface area contributed by atoms with Gasteiger partial charge in [-0.3, -0.25) is 4.40 Å². The van der Waals surface area contributed by atoms with Gasteiger partial charge in [0.05, 0.1) is 29.2 Å². The van der Waals surface area contributed by atoms with Crippen LogP contribution in [-0.2, 0) is 11.7 Å². The van der Waals surface area contributed by atoms with Crippen molar-refractivity contribution < 1.29 is 17.6 Å². The van der Waals surface area contributed by atoms with E-state index >= 15 is 0 Å². The van der Waals surface area contributed by atoms with E-state index in [1.54, 1.807) is 0 Å². The number of imidazole rings is 1. The van der Waals surface area contributed by atoms with Crippen LogP contribution >= 0.6 is 0 Å². The van der Waals surface area contributed by atoms with Crippen LogP contribution in [0.4, 0.5) is 17.6 Å². The predicted molar refractivity (Wildman–Crippen MR) is 93.5 cm³/mol. The van der Waals surface area contributed by atoms with Crippen molar-refractivity contribution in [3.05, 3.63) is 47.9 Å². The van der Waals surface area contributed by atoms with Crippen LogP contribution in [0.25, 0.3) is 17.0 Å². The van der Waals surface area contributed by atoms with Gasteiger partial charge in [0.1, 0.15) is 17.2 Å². The van der Waals surface area contributed by atoms with Crippen molar-refractivity contribution in [3.8, 4) is 11.4 Å². The van der Waals surface area contributed by atoms with E-state index < -0.39 is 23.1 Å². The summed E-state index contributed by atoms with van der Waals surface area (Å²) < 4.78 is 54.9. The molecule has 10 heteroatoms. The molecule has 0 amide bonds. The maximum Gasteiger partial charge on any atom is 0.417 e. The molecule has 0 spiro atoms. The molecule has 0 saturated heterocycles. The number of alkyl halides is 3. The molecule has 0 radical (unpaired) electrons. The lowest BCUT2D eigenvalue weighted by molar-refractivity contribution is -0.137. The zero-order valence-corrected chi connectivity index (χ0v) is 14.7. The van der Waals surface area contributed by atoms with Gasteiger partial charge in [0.25, 0.3) is 0 Å². The number of fused-ring (bicyclic) bond motifs is 1. The summed E-state index contributed by atoms with van der Waals surface area (Å²) in [5.74, 6) is -0.517. The molecular weight excluding hydrogens is 376 g/mol. The molecule has 3 aromatic rings. The van der Waals surface area contributed by atoms with E-state index in [-0.39, 0.29) is 28.9 Å². The van der Waals surface area contributed by atoms with E-state index in [4.69, 9.17) is 11.5 Å². The van der Waals surface area contributed by atoms with E-state index in [0.717, 1.165) is 22.9 Å². The molecule has 1 fully saturated rings. The minimum Gasteiger partial charge on any atom is -0.328 e. The maximum atomic E-state index is 14.5. The fraction of sp³-hybridized carbons (Fsp3) is 0.389. The van der Waals surface area contributed by atoms with E-state index in [1.165, 1.54) is 12.3 Å². The minimum atomic E-state index is -4.53. The zero-order valence-electron chi connectivity index (χ0n) is 14.7. The highest BCUT2D eigenvalue weighted by Gasteiger charge is 2.36. The van der Waals surface area contributed by atoms with Crippen LogP contribution in [0.2, 0.25) is 0 Å². The Kier molecular flexibility index (Phi) is 4.35. The summed E-state index contributed by atoms with van der Waals surface area (Å²) in [6, 6.07) is 2.20. The first kappa shape index (κ1) is 18.8. The van der Waals surface area contributed by atoms with Gasteiger partial charge >= 0.3 is 6.18 Å². The summed E-state index contributed by atoms with van der Waals surface area (Å²) in [5, 5.41) is 0. The number of hydrogen-bond donors (Lipinski definition) is 2. The average molecular weight is 394 g/mol. The van der Waals surface area contributed by atoms with E-state index in [2.05, 4.69) is 15.0 Å². The molecule has 1 aliphatic rings. The van der Waals surface area contributed by atoms with Gasteiger partial charge in [-0.2, -0.15) is 13.2 Å². The second-order valence-corrected chi connectivity index (χ2v) is 7.17. The van der Waals surface area contributed by atoms with Crippen molar-refractivity contribution in [2.75, 3.05) is 0 Å². The SMILES string of the molecule is NC1CCC(N)(c2ncc(F)c(-c3cnc4ccc(C(F)(F)F)cn34)n2)CC1. The largest absolute Gasteiger partial charge is 0.417 e. The molecule has 148 valence electrons. The number of nitrogens with zero attached hydrogens (tertiary/aromatic N) is 4. The lowest BCUT2D eigenvalue weighted by atomic mass is 9.80. The number of aromatic nitrogens is 4. The van der Waals surface area contributed by atoms with Crippen LogP contribution in [0.1, 0.15) is 37.1 Å². The van der Waals surface area contributed by atoms with Gasteiger partial charge < -0.3 is 11.5 Å². The second-order valence-electron chi connectivity index (χ2n) is 7.17. The fourth-order valence-electron chi connectivity index (χ4n) is 3.49. The van der Waals surface area contributed by atoms with Crippen molar-refractivity contribution in [2.24, 2.45) is 11.5 Å². The van der Waals surface area contributed by atoms with Crippen molar-refractivity contribution in [3.63, 3.8) is 0 Å². The lowest BCUT2D eigenvalue weighted by Gasteiger charge is -2.34. The Morgan fingerprint density at radius 3 is 2.50 bits per heavy atom. The first-order valence-electron chi connectivity index (χ1n) is 8.79. The van der Waals surface area contributed by atoms with Crippen molar-refractivity contribution in [2.45, 2.75) is 43.4 Å². The molecular formula is C18H18F4N6. The minimum absolute atomic E-state index is 0.0520. The lowest BCUT2D eigenvalue weighted by Crippen LogP contribution is -2.45. The van der Waals surface area contributed by atoms with Gasteiger partial charge in [-0.05, 0) is 37.8 Å². The van der Waals surface area contributed by atoms with Crippen molar-refractivity contribution in [1.29, 1.82) is 0 Å². The third-order valence-electron chi connectivity index (χ3n) is 5.19. The fourth-order valence-corrected chi connectivity index (χ4v) is 3.49. The van der Waals surface area contributed by atoms with Gasteiger partial charge in [0.15, 0.2) is 5.82 Å². The van der Waals surface area contributed by atoms with Gasteiger partial charge in [0, 0.05) is 12.2 Å². The number of halogens is 4. The maximum absolute atomic E-state index is 14.5. The topological polar surface area (TPSA) is 95.1 Å². The summed E-state index contributed by atoms with van der Waals surface area (Å²) in [5.41, 5.74) is 10.8. The quantitative estimate of drug-likeness (QED) is 0.652. The zero-order chi connectivity index (χ0) is 20.1. The Morgan fingerprint density at radius 1 is 1.11 bits per heavy atom. The third kappa shape index (κ3) is 3.22.